The molecule has 0 bridgehead atoms. The Kier molecular flexibility index (Phi) is 3.70. The van der Waals surface area contributed by atoms with Gasteiger partial charge in [-0.1, -0.05) is 30.3 Å². The third-order valence-electron chi connectivity index (χ3n) is 4.68. The van der Waals surface area contributed by atoms with Crippen LogP contribution in [0.15, 0.2) is 54.6 Å². The molecule has 2 nitrogen and oxygen atoms in total. The summed E-state index contributed by atoms with van der Waals surface area (Å²) in [7, 11) is 0. The van der Waals surface area contributed by atoms with E-state index in [2.05, 4.69) is 28.2 Å². The lowest BCUT2D eigenvalue weighted by Crippen LogP contribution is -2.33. The first-order valence-electron chi connectivity index (χ1n) is 8.07. The zero-order valence-electron chi connectivity index (χ0n) is 12.9. The minimum absolute atomic E-state index is 0.142. The van der Waals surface area contributed by atoms with E-state index in [0.717, 1.165) is 48.1 Å². The minimum atomic E-state index is -0.142. The number of aromatic nitrogens is 1. The predicted octanol–water partition coefficient (Wildman–Crippen LogP) is 4.56. The van der Waals surface area contributed by atoms with Gasteiger partial charge >= 0.3 is 0 Å². The van der Waals surface area contributed by atoms with Crippen molar-refractivity contribution < 1.29 is 4.39 Å². The van der Waals surface area contributed by atoms with Crippen LogP contribution in [0, 0.1) is 12.0 Å². The third kappa shape index (κ3) is 2.91. The highest BCUT2D eigenvalue weighted by Crippen LogP contribution is 2.31. The normalized spacial score (nSPS) is 16.0. The van der Waals surface area contributed by atoms with Crippen molar-refractivity contribution in [2.45, 2.75) is 18.8 Å². The molecule has 2 aromatic carbocycles. The SMILES string of the molecule is Fc1cccc(C2CCN(c3[c]nc4ccccc4c3)CC2)c1. The molecule has 0 unspecified atom stereocenters. The lowest BCUT2D eigenvalue weighted by atomic mass is 9.89. The van der Waals surface area contributed by atoms with Crippen molar-refractivity contribution in [3.05, 3.63) is 72.2 Å². The summed E-state index contributed by atoms with van der Waals surface area (Å²) in [5.74, 6) is 0.298. The summed E-state index contributed by atoms with van der Waals surface area (Å²) in [5.41, 5.74) is 3.15. The number of hydrogen-bond acceptors (Lipinski definition) is 2. The smallest absolute Gasteiger partial charge is 0.123 e. The molecule has 115 valence electrons. The third-order valence-corrected chi connectivity index (χ3v) is 4.68. The molecule has 3 aromatic rings. The molecule has 0 saturated carbocycles. The van der Waals surface area contributed by atoms with Gasteiger partial charge in [-0.05, 0) is 48.6 Å². The fourth-order valence-corrected chi connectivity index (χ4v) is 3.38. The van der Waals surface area contributed by atoms with Crippen molar-refractivity contribution in [1.82, 2.24) is 4.98 Å². The molecule has 1 aliphatic heterocycles. The minimum Gasteiger partial charge on any atom is -0.370 e. The van der Waals surface area contributed by atoms with E-state index in [1.807, 2.05) is 24.3 Å². The van der Waals surface area contributed by atoms with Gasteiger partial charge < -0.3 is 4.90 Å². The molecule has 4 rings (SSSR count). The average Bonchev–Trinajstić information content (AvgIpc) is 2.61. The van der Waals surface area contributed by atoms with Crippen LogP contribution in [0.4, 0.5) is 10.1 Å². The van der Waals surface area contributed by atoms with Crippen molar-refractivity contribution in [3.63, 3.8) is 0 Å². The molecular formula is C20H18FN2. The van der Waals surface area contributed by atoms with Crippen molar-refractivity contribution in [2.75, 3.05) is 18.0 Å². The summed E-state index contributed by atoms with van der Waals surface area (Å²) >= 11 is 0. The van der Waals surface area contributed by atoms with E-state index in [9.17, 15) is 4.39 Å². The summed E-state index contributed by atoms with van der Waals surface area (Å²) in [6.07, 6.45) is 5.22. The number of fused-ring (bicyclic) bond motifs is 1. The average molecular weight is 305 g/mol. The van der Waals surface area contributed by atoms with E-state index < -0.39 is 0 Å². The van der Waals surface area contributed by atoms with Gasteiger partial charge in [0.15, 0.2) is 0 Å². The highest BCUT2D eigenvalue weighted by Gasteiger charge is 2.21. The Morgan fingerprint density at radius 3 is 2.65 bits per heavy atom. The first kappa shape index (κ1) is 14.2. The van der Waals surface area contributed by atoms with Crippen LogP contribution in [0.2, 0.25) is 0 Å². The second-order valence-electron chi connectivity index (χ2n) is 6.13. The number of halogens is 1. The van der Waals surface area contributed by atoms with Crippen LogP contribution in [0.5, 0.6) is 0 Å². The molecule has 1 radical (unpaired) electrons. The largest absolute Gasteiger partial charge is 0.370 e. The lowest BCUT2D eigenvalue weighted by molar-refractivity contribution is 0.502. The van der Waals surface area contributed by atoms with Gasteiger partial charge in [-0.3, -0.25) is 0 Å². The summed E-state index contributed by atoms with van der Waals surface area (Å²) in [4.78, 5) is 6.76. The zero-order valence-corrected chi connectivity index (χ0v) is 12.9. The number of nitrogens with zero attached hydrogens (tertiary/aromatic N) is 2. The lowest BCUT2D eigenvalue weighted by Gasteiger charge is -2.33. The van der Waals surface area contributed by atoms with Crippen LogP contribution in [-0.2, 0) is 0 Å². The van der Waals surface area contributed by atoms with E-state index in [4.69, 9.17) is 0 Å². The first-order valence-corrected chi connectivity index (χ1v) is 8.07. The van der Waals surface area contributed by atoms with Crippen molar-refractivity contribution in [3.8, 4) is 0 Å². The van der Waals surface area contributed by atoms with E-state index >= 15 is 0 Å². The second kappa shape index (κ2) is 5.99. The molecule has 2 heterocycles. The van der Waals surface area contributed by atoms with Crippen LogP contribution in [-0.4, -0.2) is 18.1 Å². The summed E-state index contributed by atoms with van der Waals surface area (Å²) in [5, 5.41) is 1.15. The summed E-state index contributed by atoms with van der Waals surface area (Å²) in [6, 6.07) is 17.3. The number of pyridine rings is 1. The number of benzene rings is 2. The van der Waals surface area contributed by atoms with Crippen molar-refractivity contribution in [1.29, 1.82) is 0 Å². The Morgan fingerprint density at radius 1 is 1.00 bits per heavy atom. The molecule has 1 aromatic heterocycles. The molecule has 0 spiro atoms. The van der Waals surface area contributed by atoms with E-state index in [-0.39, 0.29) is 5.82 Å². The molecule has 3 heteroatoms. The van der Waals surface area contributed by atoms with E-state index in [1.54, 1.807) is 12.1 Å². The Labute approximate surface area is 135 Å². The molecule has 1 aliphatic rings. The second-order valence-corrected chi connectivity index (χ2v) is 6.13. The molecule has 0 aliphatic carbocycles. The van der Waals surface area contributed by atoms with Crippen LogP contribution < -0.4 is 4.90 Å². The van der Waals surface area contributed by atoms with Crippen LogP contribution in [0.3, 0.4) is 0 Å². The quantitative estimate of drug-likeness (QED) is 0.690. The fourth-order valence-electron chi connectivity index (χ4n) is 3.38. The van der Waals surface area contributed by atoms with Gasteiger partial charge in [0.2, 0.25) is 0 Å². The van der Waals surface area contributed by atoms with Crippen molar-refractivity contribution in [2.24, 2.45) is 0 Å². The Balaban J connectivity index is 1.50. The van der Waals surface area contributed by atoms with Crippen LogP contribution >= 0.6 is 0 Å². The highest BCUT2D eigenvalue weighted by molar-refractivity contribution is 5.81. The maximum Gasteiger partial charge on any atom is 0.123 e. The molecule has 0 atom stereocenters. The van der Waals surface area contributed by atoms with Gasteiger partial charge in [-0.2, -0.15) is 0 Å². The highest BCUT2D eigenvalue weighted by atomic mass is 19.1. The van der Waals surface area contributed by atoms with Gasteiger partial charge in [-0.15, -0.1) is 0 Å². The molecular weight excluding hydrogens is 287 g/mol. The Hall–Kier alpha value is -2.42. The number of para-hydroxylation sites is 1. The molecule has 0 N–H and O–H groups in total. The van der Waals surface area contributed by atoms with Gasteiger partial charge in [0.25, 0.3) is 0 Å². The number of hydrogen-bond donors (Lipinski definition) is 0. The van der Waals surface area contributed by atoms with Gasteiger partial charge in [0.05, 0.1) is 11.2 Å². The maximum absolute atomic E-state index is 13.4. The zero-order chi connectivity index (χ0) is 15.6. The van der Waals surface area contributed by atoms with E-state index in [1.165, 1.54) is 6.07 Å². The summed E-state index contributed by atoms with van der Waals surface area (Å²) < 4.78 is 13.4. The number of rotatable bonds is 2. The van der Waals surface area contributed by atoms with Gasteiger partial charge in [0, 0.05) is 18.5 Å². The van der Waals surface area contributed by atoms with Gasteiger partial charge in [0.1, 0.15) is 12.0 Å². The molecule has 1 fully saturated rings. The number of piperidine rings is 1. The molecule has 23 heavy (non-hydrogen) atoms. The van der Waals surface area contributed by atoms with Crippen LogP contribution in [0.1, 0.15) is 24.3 Å². The Bertz CT molecular complexity index is 822. The molecule has 0 amide bonds. The Morgan fingerprint density at radius 2 is 1.83 bits per heavy atom. The maximum atomic E-state index is 13.4. The standard InChI is InChI=1S/C20H18FN2/c21-18-6-3-5-16(12-18)15-8-10-23(11-9-15)19-13-17-4-1-2-7-20(17)22-14-19/h1-7,12-13,15H,8-11H2. The summed E-state index contributed by atoms with van der Waals surface area (Å²) in [6.45, 7) is 1.91. The van der Waals surface area contributed by atoms with Crippen LogP contribution in [0.25, 0.3) is 10.9 Å². The van der Waals surface area contributed by atoms with Gasteiger partial charge in [-0.25, -0.2) is 9.37 Å². The van der Waals surface area contributed by atoms with E-state index in [0.29, 0.717) is 5.92 Å². The fraction of sp³-hybridized carbons (Fsp3) is 0.250. The predicted molar refractivity (Wildman–Crippen MR) is 91.2 cm³/mol. The van der Waals surface area contributed by atoms with Crippen molar-refractivity contribution >= 4 is 16.6 Å². The first-order chi connectivity index (χ1) is 11.3. The molecule has 1 saturated heterocycles. The number of anilines is 1. The topological polar surface area (TPSA) is 16.1 Å². The monoisotopic (exact) mass is 305 g/mol.